The second-order valence-electron chi connectivity index (χ2n) is 8.16. The minimum absolute atomic E-state index is 0.218. The predicted octanol–water partition coefficient (Wildman–Crippen LogP) is 2.49. The summed E-state index contributed by atoms with van der Waals surface area (Å²) in [6.07, 6.45) is 9.13. The Labute approximate surface area is 203 Å². The zero-order chi connectivity index (χ0) is 25.3. The first-order valence-electron chi connectivity index (χ1n) is 11.9. The number of anilines is 3. The standard InChI is InChI=1S/C20H29N5O2.C3H9N.CH2O2/c1-22-18-19(21)23-16(10-6-9-14-7-4-3-5-8-14)24-20(18)25(2)17-12-11-15(13-26)27-17;1-3-4-2;2-1-3/h13-15,17,22H,3-5,7-9,11-12H2,1-2H3,(H2,21,23,24);4H,3H2,1-2H3;1H,(H,2,3). The number of nitrogens with two attached hydrogens (primary N) is 1. The lowest BCUT2D eigenvalue weighted by Crippen LogP contribution is -2.33. The topological polar surface area (TPSA) is 143 Å². The Morgan fingerprint density at radius 2 is 1.82 bits per heavy atom. The number of ether oxygens (including phenoxy) is 1. The molecule has 2 aliphatic rings. The summed E-state index contributed by atoms with van der Waals surface area (Å²) in [6.45, 7) is 2.89. The third-order valence-corrected chi connectivity index (χ3v) is 5.78. The smallest absolute Gasteiger partial charge is 0.290 e. The number of nitrogens with one attached hydrogen (secondary N) is 2. The van der Waals surface area contributed by atoms with Crippen molar-refractivity contribution < 1.29 is 19.4 Å². The van der Waals surface area contributed by atoms with Crippen LogP contribution in [0.4, 0.5) is 17.3 Å². The number of aromatic nitrogens is 2. The molecular formula is C24H40N6O4. The van der Waals surface area contributed by atoms with Gasteiger partial charge in [-0.25, -0.2) is 9.97 Å². The minimum Gasteiger partial charge on any atom is -0.483 e. The average Bonchev–Trinajstić information content (AvgIpc) is 3.34. The van der Waals surface area contributed by atoms with Crippen LogP contribution in [-0.4, -0.2) is 67.9 Å². The largest absolute Gasteiger partial charge is 0.483 e. The maximum atomic E-state index is 11.0. The maximum Gasteiger partial charge on any atom is 0.290 e. The molecule has 0 amide bonds. The molecule has 34 heavy (non-hydrogen) atoms. The summed E-state index contributed by atoms with van der Waals surface area (Å²) in [4.78, 5) is 30.2. The van der Waals surface area contributed by atoms with Gasteiger partial charge in [-0.2, -0.15) is 0 Å². The van der Waals surface area contributed by atoms with Crippen molar-refractivity contribution in [3.05, 3.63) is 5.82 Å². The van der Waals surface area contributed by atoms with Crippen molar-refractivity contribution in [2.24, 2.45) is 5.92 Å². The van der Waals surface area contributed by atoms with Crippen LogP contribution in [0.1, 0.15) is 64.1 Å². The molecule has 2 heterocycles. The van der Waals surface area contributed by atoms with Gasteiger partial charge in [-0.3, -0.25) is 4.79 Å². The fourth-order valence-corrected chi connectivity index (χ4v) is 3.85. The summed E-state index contributed by atoms with van der Waals surface area (Å²) >= 11 is 0. The van der Waals surface area contributed by atoms with E-state index in [9.17, 15) is 4.79 Å². The molecule has 10 heteroatoms. The van der Waals surface area contributed by atoms with Gasteiger partial charge in [-0.15, -0.1) is 0 Å². The molecule has 0 spiro atoms. The van der Waals surface area contributed by atoms with Crippen LogP contribution in [0.5, 0.6) is 0 Å². The second kappa shape index (κ2) is 16.7. The fourth-order valence-electron chi connectivity index (χ4n) is 3.85. The molecule has 5 N–H and O–H groups in total. The molecular weight excluding hydrogens is 436 g/mol. The molecule has 1 aromatic heterocycles. The molecule has 3 rings (SSSR count). The zero-order valence-electron chi connectivity index (χ0n) is 20.8. The fraction of sp³-hybridized carbons (Fsp3) is 0.667. The highest BCUT2D eigenvalue weighted by Crippen LogP contribution is 2.32. The number of carboxylic acid groups (broad SMARTS) is 1. The number of nitrogens with zero attached hydrogens (tertiary/aromatic N) is 3. The summed E-state index contributed by atoms with van der Waals surface area (Å²) in [5, 5.41) is 12.9. The Hall–Kier alpha value is -2.90. The summed E-state index contributed by atoms with van der Waals surface area (Å²) in [5.74, 6) is 8.45. The Kier molecular flexibility index (Phi) is 14.3. The van der Waals surface area contributed by atoms with Gasteiger partial charge in [-0.05, 0) is 51.1 Å². The lowest BCUT2D eigenvalue weighted by atomic mass is 9.87. The molecule has 190 valence electrons. The van der Waals surface area contributed by atoms with Crippen LogP contribution in [0.15, 0.2) is 0 Å². The van der Waals surface area contributed by atoms with E-state index in [1.165, 1.54) is 32.1 Å². The highest BCUT2D eigenvalue weighted by molar-refractivity contribution is 5.76. The third kappa shape index (κ3) is 9.53. The highest BCUT2D eigenvalue weighted by Gasteiger charge is 2.30. The Morgan fingerprint density at radius 3 is 2.35 bits per heavy atom. The second-order valence-corrected chi connectivity index (χ2v) is 8.16. The maximum absolute atomic E-state index is 11.0. The summed E-state index contributed by atoms with van der Waals surface area (Å²) in [5.41, 5.74) is 6.78. The first-order chi connectivity index (χ1) is 16.4. The van der Waals surface area contributed by atoms with Gasteiger partial charge in [0.2, 0.25) is 5.82 Å². The van der Waals surface area contributed by atoms with E-state index in [4.69, 9.17) is 20.4 Å². The first-order valence-corrected chi connectivity index (χ1v) is 11.9. The molecule has 0 bridgehead atoms. The average molecular weight is 477 g/mol. The van der Waals surface area contributed by atoms with Gasteiger partial charge in [0, 0.05) is 20.5 Å². The van der Waals surface area contributed by atoms with E-state index in [0.717, 1.165) is 25.7 Å². The van der Waals surface area contributed by atoms with Gasteiger partial charge < -0.3 is 35.9 Å². The van der Waals surface area contributed by atoms with E-state index in [0.29, 0.717) is 35.5 Å². The Bertz CT molecular complexity index is 803. The normalized spacial score (nSPS) is 19.3. The molecule has 1 aliphatic carbocycles. The number of carbonyl (C=O) groups excluding carboxylic acids is 1. The summed E-state index contributed by atoms with van der Waals surface area (Å²) in [7, 11) is 5.60. The van der Waals surface area contributed by atoms with Crippen molar-refractivity contribution in [1.82, 2.24) is 15.3 Å². The molecule has 2 fully saturated rings. The number of rotatable bonds is 6. The van der Waals surface area contributed by atoms with E-state index < -0.39 is 0 Å². The van der Waals surface area contributed by atoms with Crippen LogP contribution in [-0.2, 0) is 14.3 Å². The summed E-state index contributed by atoms with van der Waals surface area (Å²) < 4.78 is 5.76. The van der Waals surface area contributed by atoms with Crippen LogP contribution >= 0.6 is 0 Å². The van der Waals surface area contributed by atoms with Crippen molar-refractivity contribution in [3.8, 4) is 11.8 Å². The number of hydrogen-bond donors (Lipinski definition) is 4. The molecule has 1 saturated heterocycles. The van der Waals surface area contributed by atoms with Crippen molar-refractivity contribution in [1.29, 1.82) is 0 Å². The molecule has 0 aromatic carbocycles. The van der Waals surface area contributed by atoms with Crippen LogP contribution < -0.4 is 21.3 Å². The SMILES string of the molecule is CCNC.CNc1c(N)nc(C#CCC2CCCCC2)nc1N(C)C1CCC(C=O)O1.O=CO. The van der Waals surface area contributed by atoms with Gasteiger partial charge in [-0.1, -0.05) is 32.1 Å². The summed E-state index contributed by atoms with van der Waals surface area (Å²) in [6, 6.07) is 0. The molecule has 2 unspecified atom stereocenters. The van der Waals surface area contributed by atoms with Gasteiger partial charge in [0.05, 0.1) is 0 Å². The van der Waals surface area contributed by atoms with Crippen LogP contribution in [0, 0.1) is 17.8 Å². The lowest BCUT2D eigenvalue weighted by Gasteiger charge is -2.27. The molecule has 10 nitrogen and oxygen atoms in total. The minimum atomic E-state index is -0.357. The molecule has 1 aliphatic heterocycles. The van der Waals surface area contributed by atoms with Gasteiger partial charge >= 0.3 is 0 Å². The lowest BCUT2D eigenvalue weighted by molar-refractivity contribution is -0.123. The Balaban J connectivity index is 0.000000732. The number of nitrogen functional groups attached to an aromatic ring is 1. The zero-order valence-corrected chi connectivity index (χ0v) is 20.8. The van der Waals surface area contributed by atoms with Gasteiger partial charge in [0.1, 0.15) is 24.3 Å². The van der Waals surface area contributed by atoms with Crippen LogP contribution in [0.3, 0.4) is 0 Å². The molecule has 2 atom stereocenters. The van der Waals surface area contributed by atoms with Crippen LogP contribution in [0.25, 0.3) is 0 Å². The number of carbonyl (C=O) groups is 2. The van der Waals surface area contributed by atoms with Crippen molar-refractivity contribution in [2.75, 3.05) is 43.6 Å². The number of hydrogen-bond acceptors (Lipinski definition) is 9. The third-order valence-electron chi connectivity index (χ3n) is 5.78. The van der Waals surface area contributed by atoms with E-state index in [1.807, 2.05) is 19.0 Å². The van der Waals surface area contributed by atoms with E-state index in [2.05, 4.69) is 39.4 Å². The monoisotopic (exact) mass is 476 g/mol. The van der Waals surface area contributed by atoms with Gasteiger partial charge in [0.15, 0.2) is 11.6 Å². The highest BCUT2D eigenvalue weighted by atomic mass is 16.5. The van der Waals surface area contributed by atoms with E-state index in [1.54, 1.807) is 7.05 Å². The number of aldehydes is 1. The van der Waals surface area contributed by atoms with Crippen molar-refractivity contribution in [2.45, 2.75) is 70.6 Å². The predicted molar refractivity (Wildman–Crippen MR) is 135 cm³/mol. The van der Waals surface area contributed by atoms with Crippen LogP contribution in [0.2, 0.25) is 0 Å². The first kappa shape index (κ1) is 29.1. The van der Waals surface area contributed by atoms with Crippen molar-refractivity contribution >= 4 is 30.1 Å². The molecule has 0 radical (unpaired) electrons. The molecule has 1 aromatic rings. The Morgan fingerprint density at radius 1 is 1.18 bits per heavy atom. The molecule has 1 saturated carbocycles. The van der Waals surface area contributed by atoms with Gasteiger partial charge in [0.25, 0.3) is 6.47 Å². The van der Waals surface area contributed by atoms with Crippen molar-refractivity contribution in [3.63, 3.8) is 0 Å². The quantitative estimate of drug-likeness (QED) is 0.357. The van der Waals surface area contributed by atoms with E-state index in [-0.39, 0.29) is 18.8 Å². The van der Waals surface area contributed by atoms with E-state index >= 15 is 0 Å².